The lowest BCUT2D eigenvalue weighted by atomic mass is 10.0. The molecule has 2 fully saturated rings. The molecule has 0 radical (unpaired) electrons. The Bertz CT molecular complexity index is 1210. The predicted octanol–water partition coefficient (Wildman–Crippen LogP) is 2.57. The number of likely N-dealkylation sites (tertiary alicyclic amines) is 1. The molecule has 2 aliphatic rings. The van der Waals surface area contributed by atoms with Crippen LogP contribution in [-0.4, -0.2) is 36.9 Å². The third-order valence-electron chi connectivity index (χ3n) is 6.04. The van der Waals surface area contributed by atoms with Crippen LogP contribution in [0.2, 0.25) is 0 Å². The second-order valence-corrected chi connectivity index (χ2v) is 8.10. The van der Waals surface area contributed by atoms with E-state index in [4.69, 9.17) is 0 Å². The van der Waals surface area contributed by atoms with E-state index in [2.05, 4.69) is 15.0 Å². The Kier molecular flexibility index (Phi) is 4.69. The van der Waals surface area contributed by atoms with E-state index in [0.29, 0.717) is 17.8 Å². The van der Waals surface area contributed by atoms with E-state index in [1.807, 2.05) is 17.0 Å². The lowest BCUT2D eigenvalue weighted by Crippen LogP contribution is -2.35. The summed E-state index contributed by atoms with van der Waals surface area (Å²) in [5, 5.41) is 0.280. The van der Waals surface area contributed by atoms with Gasteiger partial charge in [0.1, 0.15) is 5.65 Å². The molecule has 0 bridgehead atoms. The van der Waals surface area contributed by atoms with Gasteiger partial charge in [-0.3, -0.25) is 24.1 Å². The summed E-state index contributed by atoms with van der Waals surface area (Å²) in [7, 11) is 0. The number of carbonyl (C=O) groups is 1. The van der Waals surface area contributed by atoms with Crippen LogP contribution in [0.3, 0.4) is 0 Å². The number of fused-ring (bicyclic) bond motifs is 1. The molecule has 8 nitrogen and oxygen atoms in total. The average Bonchev–Trinajstić information content (AvgIpc) is 3.61. The van der Waals surface area contributed by atoms with Gasteiger partial charge in [0.05, 0.1) is 17.0 Å². The van der Waals surface area contributed by atoms with Crippen molar-refractivity contribution in [1.82, 2.24) is 24.4 Å². The number of aromatic amines is 1. The summed E-state index contributed by atoms with van der Waals surface area (Å²) < 4.78 is 1.54. The van der Waals surface area contributed by atoms with Crippen LogP contribution in [0.1, 0.15) is 66.5 Å². The van der Waals surface area contributed by atoms with Gasteiger partial charge in [0.25, 0.3) is 11.5 Å². The highest BCUT2D eigenvalue weighted by Gasteiger charge is 2.30. The molecule has 1 amide bonds. The molecular formula is C22H23N5O3. The largest absolute Gasteiger partial charge is 0.332 e. The molecule has 0 spiro atoms. The fourth-order valence-corrected chi connectivity index (χ4v) is 4.38. The van der Waals surface area contributed by atoms with Gasteiger partial charge in [0, 0.05) is 31.2 Å². The summed E-state index contributed by atoms with van der Waals surface area (Å²) >= 11 is 0. The molecule has 5 rings (SSSR count). The highest BCUT2D eigenvalue weighted by atomic mass is 16.2. The maximum atomic E-state index is 13.5. The van der Waals surface area contributed by atoms with Crippen LogP contribution in [0.25, 0.3) is 11.0 Å². The number of H-pyrrole nitrogens is 1. The lowest BCUT2D eigenvalue weighted by Gasteiger charge is -2.30. The number of rotatable bonds is 3. The Morgan fingerprint density at radius 1 is 1.07 bits per heavy atom. The number of hydrogen-bond acceptors (Lipinski definition) is 5. The number of aromatic nitrogens is 4. The van der Waals surface area contributed by atoms with Crippen molar-refractivity contribution in [1.29, 1.82) is 0 Å². The summed E-state index contributed by atoms with van der Waals surface area (Å²) in [5.74, 6) is -0.142. The molecule has 1 unspecified atom stereocenters. The minimum absolute atomic E-state index is 0.0302. The molecule has 1 saturated heterocycles. The second-order valence-electron chi connectivity index (χ2n) is 8.10. The lowest BCUT2D eigenvalue weighted by molar-refractivity contribution is 0.0680. The van der Waals surface area contributed by atoms with Crippen molar-refractivity contribution in [3.63, 3.8) is 0 Å². The molecule has 154 valence electrons. The van der Waals surface area contributed by atoms with Crippen molar-refractivity contribution < 1.29 is 4.79 Å². The summed E-state index contributed by atoms with van der Waals surface area (Å²) in [5.41, 5.74) is 0.844. The van der Waals surface area contributed by atoms with Crippen LogP contribution in [-0.2, 0) is 0 Å². The van der Waals surface area contributed by atoms with Crippen molar-refractivity contribution in [2.45, 2.75) is 50.6 Å². The summed E-state index contributed by atoms with van der Waals surface area (Å²) in [4.78, 5) is 50.9. The first-order chi connectivity index (χ1) is 14.6. The molecule has 1 aliphatic heterocycles. The Morgan fingerprint density at radius 3 is 2.63 bits per heavy atom. The van der Waals surface area contributed by atoms with Gasteiger partial charge in [-0.25, -0.2) is 9.78 Å². The number of hydrogen-bond donors (Lipinski definition) is 1. The van der Waals surface area contributed by atoms with Crippen molar-refractivity contribution in [2.24, 2.45) is 0 Å². The average molecular weight is 405 g/mol. The molecule has 3 aromatic rings. The van der Waals surface area contributed by atoms with E-state index < -0.39 is 11.2 Å². The first-order valence-corrected chi connectivity index (χ1v) is 10.5. The van der Waals surface area contributed by atoms with Gasteiger partial charge >= 0.3 is 5.69 Å². The maximum absolute atomic E-state index is 13.5. The fraction of sp³-hybridized carbons (Fsp3) is 0.409. The molecule has 3 aromatic heterocycles. The monoisotopic (exact) mass is 405 g/mol. The Labute approximate surface area is 172 Å². The van der Waals surface area contributed by atoms with E-state index in [0.717, 1.165) is 44.1 Å². The van der Waals surface area contributed by atoms with E-state index in [1.165, 1.54) is 10.8 Å². The highest BCUT2D eigenvalue weighted by molar-refractivity contribution is 5.97. The number of nitrogens with one attached hydrogen (secondary N) is 1. The topological polar surface area (TPSA) is 101 Å². The Balaban J connectivity index is 1.56. The minimum Gasteiger partial charge on any atom is -0.332 e. The van der Waals surface area contributed by atoms with E-state index in [-0.39, 0.29) is 23.4 Å². The van der Waals surface area contributed by atoms with E-state index in [9.17, 15) is 14.4 Å². The quantitative estimate of drug-likeness (QED) is 0.722. The molecule has 1 N–H and O–H groups in total. The second kappa shape index (κ2) is 7.51. The number of nitrogens with zero attached hydrogens (tertiary/aromatic N) is 4. The van der Waals surface area contributed by atoms with Gasteiger partial charge in [-0.1, -0.05) is 12.8 Å². The molecule has 4 heterocycles. The maximum Gasteiger partial charge on any atom is 0.330 e. The van der Waals surface area contributed by atoms with E-state index >= 15 is 0 Å². The van der Waals surface area contributed by atoms with Crippen LogP contribution in [0.4, 0.5) is 0 Å². The molecular weight excluding hydrogens is 382 g/mol. The number of pyridine rings is 2. The molecule has 30 heavy (non-hydrogen) atoms. The fourth-order valence-electron chi connectivity index (χ4n) is 4.38. The summed E-state index contributed by atoms with van der Waals surface area (Å²) in [6, 6.07) is 5.53. The van der Waals surface area contributed by atoms with Crippen LogP contribution in [0.15, 0.2) is 46.4 Å². The molecule has 1 saturated carbocycles. The summed E-state index contributed by atoms with van der Waals surface area (Å²) in [6.07, 6.45) is 10.7. The van der Waals surface area contributed by atoms with Gasteiger partial charge in [-0.2, -0.15) is 0 Å². The molecule has 1 aliphatic carbocycles. The van der Waals surface area contributed by atoms with Gasteiger partial charge in [0.2, 0.25) is 0 Å². The highest BCUT2D eigenvalue weighted by Crippen LogP contribution is 2.35. The predicted molar refractivity (Wildman–Crippen MR) is 111 cm³/mol. The van der Waals surface area contributed by atoms with Crippen molar-refractivity contribution in [3.05, 3.63) is 68.8 Å². The van der Waals surface area contributed by atoms with Crippen molar-refractivity contribution in [3.8, 4) is 0 Å². The third-order valence-corrected chi connectivity index (χ3v) is 6.04. The van der Waals surface area contributed by atoms with Gasteiger partial charge in [0.15, 0.2) is 0 Å². The number of carbonyl (C=O) groups excluding carboxylic acids is 1. The van der Waals surface area contributed by atoms with E-state index in [1.54, 1.807) is 18.5 Å². The van der Waals surface area contributed by atoms with Gasteiger partial charge < -0.3 is 4.90 Å². The minimum atomic E-state index is -0.504. The van der Waals surface area contributed by atoms with Gasteiger partial charge in [-0.15, -0.1) is 0 Å². The van der Waals surface area contributed by atoms with Crippen molar-refractivity contribution in [2.75, 3.05) is 6.54 Å². The summed E-state index contributed by atoms with van der Waals surface area (Å²) in [6.45, 7) is 0.655. The van der Waals surface area contributed by atoms with Crippen LogP contribution in [0, 0.1) is 0 Å². The molecule has 0 aromatic carbocycles. The molecule has 1 atom stereocenters. The first-order valence-electron chi connectivity index (χ1n) is 10.5. The zero-order valence-corrected chi connectivity index (χ0v) is 16.6. The zero-order valence-electron chi connectivity index (χ0n) is 16.6. The first kappa shape index (κ1) is 18.7. The normalized spacial score (nSPS) is 19.6. The Morgan fingerprint density at radius 2 is 1.87 bits per heavy atom. The third kappa shape index (κ3) is 3.32. The SMILES string of the molecule is O=C(c1cnc2c(c1)c(=O)[nH]c(=O)n2C1CC1)N1CCCCCC1c1ccncc1. The Hall–Kier alpha value is -3.29. The number of amides is 1. The van der Waals surface area contributed by atoms with Crippen LogP contribution in [0.5, 0.6) is 0 Å². The zero-order chi connectivity index (χ0) is 20.7. The van der Waals surface area contributed by atoms with Crippen molar-refractivity contribution >= 4 is 16.9 Å². The van der Waals surface area contributed by atoms with Gasteiger partial charge in [-0.05, 0) is 49.4 Å². The molecule has 8 heteroatoms. The standard InChI is InChI=1S/C22H23N5O3/c28-20-17-12-15(13-24-19(17)27(16-5-6-16)22(30)25-20)21(29)26-11-3-1-2-4-18(26)14-7-9-23-10-8-14/h7-10,12-13,16,18H,1-6,11H2,(H,25,28,30). The van der Waals surface area contributed by atoms with Crippen LogP contribution < -0.4 is 11.2 Å². The van der Waals surface area contributed by atoms with Crippen LogP contribution >= 0.6 is 0 Å². The smallest absolute Gasteiger partial charge is 0.330 e.